The van der Waals surface area contributed by atoms with E-state index in [2.05, 4.69) is 35.8 Å². The second kappa shape index (κ2) is 7.70. The lowest BCUT2D eigenvalue weighted by Gasteiger charge is -2.22. The molecule has 1 aliphatic rings. The van der Waals surface area contributed by atoms with Crippen molar-refractivity contribution in [3.8, 4) is 5.75 Å². The predicted molar refractivity (Wildman–Crippen MR) is 99.7 cm³/mol. The van der Waals surface area contributed by atoms with Crippen LogP contribution in [0.2, 0.25) is 0 Å². The molecule has 0 aliphatic heterocycles. The summed E-state index contributed by atoms with van der Waals surface area (Å²) in [7, 11) is 1.66. The van der Waals surface area contributed by atoms with Gasteiger partial charge in [-0.15, -0.1) is 0 Å². The monoisotopic (exact) mass is 338 g/mol. The molecule has 4 nitrogen and oxygen atoms in total. The molecule has 1 aliphatic carbocycles. The molecule has 1 amide bonds. The Morgan fingerprint density at radius 2 is 1.96 bits per heavy atom. The Bertz CT molecular complexity index is 744. The van der Waals surface area contributed by atoms with E-state index in [-0.39, 0.29) is 24.0 Å². The average Bonchev–Trinajstić information content (AvgIpc) is 3.04. The molecule has 0 heterocycles. The number of methoxy groups -OCH3 is 1. The van der Waals surface area contributed by atoms with Crippen LogP contribution in [0.3, 0.4) is 0 Å². The molecule has 2 N–H and O–H groups in total. The maximum absolute atomic E-state index is 12.6. The molecule has 0 saturated heterocycles. The van der Waals surface area contributed by atoms with Gasteiger partial charge in [0.2, 0.25) is 5.91 Å². The molecule has 2 aromatic carbocycles. The molecular formula is C21H26N2O2. The van der Waals surface area contributed by atoms with Crippen LogP contribution in [0.5, 0.6) is 5.75 Å². The third-order valence-electron chi connectivity index (χ3n) is 4.94. The molecule has 0 saturated carbocycles. The summed E-state index contributed by atoms with van der Waals surface area (Å²) in [6, 6.07) is 16.2. The van der Waals surface area contributed by atoms with Crippen molar-refractivity contribution in [3.05, 3.63) is 65.2 Å². The van der Waals surface area contributed by atoms with Crippen LogP contribution >= 0.6 is 0 Å². The van der Waals surface area contributed by atoms with Crippen LogP contribution in [0, 0.1) is 0 Å². The third-order valence-corrected chi connectivity index (χ3v) is 4.94. The number of aryl methyl sites for hydroxylation is 1. The van der Waals surface area contributed by atoms with Gasteiger partial charge >= 0.3 is 0 Å². The van der Waals surface area contributed by atoms with Crippen molar-refractivity contribution in [3.63, 3.8) is 0 Å². The lowest BCUT2D eigenvalue weighted by Crippen LogP contribution is -2.44. The smallest absolute Gasteiger partial charge is 0.237 e. The predicted octanol–water partition coefficient (Wildman–Crippen LogP) is 3.54. The molecule has 0 spiro atoms. The van der Waals surface area contributed by atoms with Gasteiger partial charge in [0.15, 0.2) is 0 Å². The van der Waals surface area contributed by atoms with E-state index in [9.17, 15) is 4.79 Å². The Kier molecular flexibility index (Phi) is 5.39. The minimum absolute atomic E-state index is 0.0384. The van der Waals surface area contributed by atoms with Crippen molar-refractivity contribution in [2.45, 2.75) is 44.8 Å². The molecule has 25 heavy (non-hydrogen) atoms. The second-order valence-corrected chi connectivity index (χ2v) is 6.69. The Morgan fingerprint density at radius 1 is 1.16 bits per heavy atom. The summed E-state index contributed by atoms with van der Waals surface area (Å²) in [4.78, 5) is 12.6. The number of carbonyl (C=O) groups is 1. The molecule has 3 rings (SSSR count). The summed E-state index contributed by atoms with van der Waals surface area (Å²) in [6.45, 7) is 3.97. The summed E-state index contributed by atoms with van der Waals surface area (Å²) in [6.07, 6.45) is 2.01. The van der Waals surface area contributed by atoms with Crippen LogP contribution < -0.4 is 15.4 Å². The van der Waals surface area contributed by atoms with Gasteiger partial charge in [0.05, 0.1) is 19.2 Å². The normalized spacial score (nSPS) is 18.3. The van der Waals surface area contributed by atoms with E-state index < -0.39 is 0 Å². The molecule has 0 bridgehead atoms. The highest BCUT2D eigenvalue weighted by Crippen LogP contribution is 2.30. The van der Waals surface area contributed by atoms with Gasteiger partial charge in [-0.1, -0.05) is 36.4 Å². The first-order valence-electron chi connectivity index (χ1n) is 8.86. The number of fused-ring (bicyclic) bond motifs is 1. The van der Waals surface area contributed by atoms with E-state index in [1.807, 2.05) is 37.3 Å². The largest absolute Gasteiger partial charge is 0.497 e. The maximum atomic E-state index is 12.6. The molecule has 0 unspecified atom stereocenters. The average molecular weight is 338 g/mol. The Morgan fingerprint density at radius 3 is 2.76 bits per heavy atom. The van der Waals surface area contributed by atoms with Gasteiger partial charge in [-0.2, -0.15) is 0 Å². The lowest BCUT2D eigenvalue weighted by molar-refractivity contribution is -0.123. The fourth-order valence-corrected chi connectivity index (χ4v) is 3.46. The van der Waals surface area contributed by atoms with Gasteiger partial charge in [-0.3, -0.25) is 10.1 Å². The van der Waals surface area contributed by atoms with Gasteiger partial charge in [0, 0.05) is 6.04 Å². The number of ether oxygens (including phenoxy) is 1. The van der Waals surface area contributed by atoms with E-state index in [4.69, 9.17) is 4.74 Å². The quantitative estimate of drug-likeness (QED) is 0.847. The fourth-order valence-electron chi connectivity index (χ4n) is 3.46. The number of carbonyl (C=O) groups excluding carboxylic acids is 1. The van der Waals surface area contributed by atoms with Gasteiger partial charge in [0.25, 0.3) is 0 Å². The molecule has 2 aromatic rings. The number of benzene rings is 2. The summed E-state index contributed by atoms with van der Waals surface area (Å²) >= 11 is 0. The van der Waals surface area contributed by atoms with E-state index in [1.165, 1.54) is 11.1 Å². The molecule has 132 valence electrons. The number of amides is 1. The topological polar surface area (TPSA) is 50.4 Å². The van der Waals surface area contributed by atoms with Crippen molar-refractivity contribution in [2.75, 3.05) is 7.11 Å². The number of hydrogen-bond donors (Lipinski definition) is 2. The molecular weight excluding hydrogens is 312 g/mol. The van der Waals surface area contributed by atoms with Crippen LogP contribution in [0.4, 0.5) is 0 Å². The lowest BCUT2D eigenvalue weighted by atomic mass is 10.1. The summed E-state index contributed by atoms with van der Waals surface area (Å²) in [5, 5.41) is 6.57. The number of nitrogens with one attached hydrogen (secondary N) is 2. The van der Waals surface area contributed by atoms with Crippen LogP contribution in [0.1, 0.15) is 49.0 Å². The minimum Gasteiger partial charge on any atom is -0.497 e. The SMILES string of the molecule is COc1cccc([C@H](C)N[C@@H](C)C(=O)N[C@H]2CCc3ccccc32)c1. The fraction of sp³-hybridized carbons (Fsp3) is 0.381. The highest BCUT2D eigenvalue weighted by molar-refractivity contribution is 5.82. The number of rotatable bonds is 6. The van der Waals surface area contributed by atoms with Crippen molar-refractivity contribution in [1.29, 1.82) is 0 Å². The van der Waals surface area contributed by atoms with E-state index in [1.54, 1.807) is 7.11 Å². The van der Waals surface area contributed by atoms with Crippen molar-refractivity contribution in [2.24, 2.45) is 0 Å². The van der Waals surface area contributed by atoms with Crippen LogP contribution in [-0.4, -0.2) is 19.1 Å². The highest BCUT2D eigenvalue weighted by Gasteiger charge is 2.25. The van der Waals surface area contributed by atoms with Crippen molar-refractivity contribution < 1.29 is 9.53 Å². The number of hydrogen-bond acceptors (Lipinski definition) is 3. The first-order valence-corrected chi connectivity index (χ1v) is 8.86. The van der Waals surface area contributed by atoms with Gasteiger partial charge < -0.3 is 10.1 Å². The zero-order chi connectivity index (χ0) is 17.8. The standard InChI is InChI=1S/C21H26N2O2/c1-14(17-8-6-9-18(13-17)25-3)22-15(2)21(24)23-20-12-11-16-7-4-5-10-19(16)20/h4-10,13-15,20,22H,11-12H2,1-3H3,(H,23,24)/t14-,15-,20-/m0/s1. The molecule has 4 heteroatoms. The van der Waals surface area contributed by atoms with Gasteiger partial charge in [-0.05, 0) is 55.5 Å². The Labute approximate surface area is 149 Å². The van der Waals surface area contributed by atoms with E-state index >= 15 is 0 Å². The maximum Gasteiger partial charge on any atom is 0.237 e. The summed E-state index contributed by atoms with van der Waals surface area (Å²) < 4.78 is 5.27. The van der Waals surface area contributed by atoms with Crippen molar-refractivity contribution in [1.82, 2.24) is 10.6 Å². The Hall–Kier alpha value is -2.33. The van der Waals surface area contributed by atoms with E-state index in [0.717, 1.165) is 24.2 Å². The van der Waals surface area contributed by atoms with Crippen LogP contribution in [0.25, 0.3) is 0 Å². The Balaban J connectivity index is 1.59. The van der Waals surface area contributed by atoms with Gasteiger partial charge in [-0.25, -0.2) is 0 Å². The zero-order valence-electron chi connectivity index (χ0n) is 15.1. The minimum atomic E-state index is -0.269. The summed E-state index contributed by atoms with van der Waals surface area (Å²) in [5.74, 6) is 0.863. The molecule has 3 atom stereocenters. The molecule has 0 aromatic heterocycles. The third kappa shape index (κ3) is 4.02. The molecule has 0 radical (unpaired) electrons. The molecule has 0 fully saturated rings. The zero-order valence-corrected chi connectivity index (χ0v) is 15.1. The van der Waals surface area contributed by atoms with Crippen LogP contribution in [0.15, 0.2) is 48.5 Å². The van der Waals surface area contributed by atoms with Crippen molar-refractivity contribution >= 4 is 5.91 Å². The first-order chi connectivity index (χ1) is 12.1. The van der Waals surface area contributed by atoms with Crippen LogP contribution in [-0.2, 0) is 11.2 Å². The van der Waals surface area contributed by atoms with E-state index in [0.29, 0.717) is 0 Å². The van der Waals surface area contributed by atoms with Gasteiger partial charge in [0.1, 0.15) is 5.75 Å². The second-order valence-electron chi connectivity index (χ2n) is 6.69. The summed E-state index contributed by atoms with van der Waals surface area (Å²) in [5.41, 5.74) is 3.70. The highest BCUT2D eigenvalue weighted by atomic mass is 16.5. The first kappa shape index (κ1) is 17.5.